The van der Waals surface area contributed by atoms with Gasteiger partial charge in [0.2, 0.25) is 0 Å². The molecular formula is C13H25F3N2. The van der Waals surface area contributed by atoms with Crippen molar-refractivity contribution in [1.82, 2.24) is 10.2 Å². The van der Waals surface area contributed by atoms with E-state index in [0.717, 1.165) is 26.1 Å². The summed E-state index contributed by atoms with van der Waals surface area (Å²) in [5.41, 5.74) is 0.0578. The highest BCUT2D eigenvalue weighted by Crippen LogP contribution is 2.34. The lowest BCUT2D eigenvalue weighted by atomic mass is 9.85. The molecule has 1 fully saturated rings. The van der Waals surface area contributed by atoms with E-state index in [1.54, 1.807) is 0 Å². The molecule has 0 radical (unpaired) electrons. The molecule has 0 bridgehead atoms. The van der Waals surface area contributed by atoms with Crippen LogP contribution in [0, 0.1) is 11.3 Å². The summed E-state index contributed by atoms with van der Waals surface area (Å²) in [6.07, 6.45) is -2.12. The SMILES string of the molecule is CCC(C)(CNC)CN1CCCC(C(F)(F)F)C1. The van der Waals surface area contributed by atoms with Crippen LogP contribution in [-0.4, -0.2) is 44.3 Å². The van der Waals surface area contributed by atoms with Crippen molar-refractivity contribution in [3.05, 3.63) is 0 Å². The first kappa shape index (κ1) is 15.8. The monoisotopic (exact) mass is 266 g/mol. The number of hydrogen-bond donors (Lipinski definition) is 1. The highest BCUT2D eigenvalue weighted by Gasteiger charge is 2.42. The summed E-state index contributed by atoms with van der Waals surface area (Å²) < 4.78 is 38.2. The van der Waals surface area contributed by atoms with E-state index in [0.29, 0.717) is 6.42 Å². The Bertz CT molecular complexity index is 255. The first-order valence-electron chi connectivity index (χ1n) is 6.74. The van der Waals surface area contributed by atoms with Crippen LogP contribution in [0.1, 0.15) is 33.1 Å². The first-order valence-corrected chi connectivity index (χ1v) is 6.74. The van der Waals surface area contributed by atoms with Crippen LogP contribution in [0.2, 0.25) is 0 Å². The van der Waals surface area contributed by atoms with E-state index in [2.05, 4.69) is 19.2 Å². The van der Waals surface area contributed by atoms with Gasteiger partial charge in [0.1, 0.15) is 0 Å². The van der Waals surface area contributed by atoms with Crippen molar-refractivity contribution in [1.29, 1.82) is 0 Å². The predicted octanol–water partition coefficient (Wildman–Crippen LogP) is 2.90. The number of rotatable bonds is 5. The second kappa shape index (κ2) is 6.24. The number of alkyl halides is 3. The van der Waals surface area contributed by atoms with Gasteiger partial charge in [-0.05, 0) is 38.3 Å². The largest absolute Gasteiger partial charge is 0.393 e. The molecule has 0 amide bonds. The summed E-state index contributed by atoms with van der Waals surface area (Å²) in [5, 5.41) is 3.14. The van der Waals surface area contributed by atoms with E-state index in [1.807, 2.05) is 11.9 Å². The van der Waals surface area contributed by atoms with E-state index >= 15 is 0 Å². The molecule has 5 heteroatoms. The van der Waals surface area contributed by atoms with Gasteiger partial charge >= 0.3 is 6.18 Å². The van der Waals surface area contributed by atoms with Gasteiger partial charge in [-0.2, -0.15) is 13.2 Å². The molecule has 0 aromatic carbocycles. The molecule has 1 aliphatic rings. The normalized spacial score (nSPS) is 26.0. The number of hydrogen-bond acceptors (Lipinski definition) is 2. The highest BCUT2D eigenvalue weighted by molar-refractivity contribution is 4.84. The standard InChI is InChI=1S/C13H25F3N2/c1-4-12(2,9-17-3)10-18-7-5-6-11(8-18)13(14,15)16/h11,17H,4-10H2,1-3H3. The van der Waals surface area contributed by atoms with Gasteiger partial charge in [0.15, 0.2) is 0 Å². The lowest BCUT2D eigenvalue weighted by Crippen LogP contribution is -2.47. The Morgan fingerprint density at radius 3 is 2.50 bits per heavy atom. The van der Waals surface area contributed by atoms with Gasteiger partial charge in [0.25, 0.3) is 0 Å². The minimum atomic E-state index is -4.04. The van der Waals surface area contributed by atoms with E-state index in [4.69, 9.17) is 0 Å². The Kier molecular flexibility index (Phi) is 5.46. The van der Waals surface area contributed by atoms with E-state index < -0.39 is 12.1 Å². The Hall–Kier alpha value is -0.290. The Labute approximate surface area is 108 Å². The third-order valence-corrected chi connectivity index (χ3v) is 4.03. The quantitative estimate of drug-likeness (QED) is 0.823. The van der Waals surface area contributed by atoms with E-state index in [1.165, 1.54) is 0 Å². The topological polar surface area (TPSA) is 15.3 Å². The molecule has 0 spiro atoms. The number of piperidine rings is 1. The average molecular weight is 266 g/mol. The molecule has 0 aliphatic carbocycles. The van der Waals surface area contributed by atoms with Gasteiger partial charge in [0, 0.05) is 19.6 Å². The molecule has 0 aromatic rings. The maximum Gasteiger partial charge on any atom is 0.393 e. The molecule has 2 atom stereocenters. The summed E-state index contributed by atoms with van der Waals surface area (Å²) in [4.78, 5) is 1.99. The number of nitrogens with one attached hydrogen (secondary N) is 1. The molecule has 0 saturated carbocycles. The molecule has 2 unspecified atom stereocenters. The van der Waals surface area contributed by atoms with Gasteiger partial charge < -0.3 is 10.2 Å². The third-order valence-electron chi connectivity index (χ3n) is 4.03. The average Bonchev–Trinajstić information content (AvgIpc) is 2.28. The summed E-state index contributed by atoms with van der Waals surface area (Å²) in [7, 11) is 1.89. The number of halogens is 3. The van der Waals surface area contributed by atoms with Gasteiger partial charge in [0.05, 0.1) is 5.92 Å². The van der Waals surface area contributed by atoms with Crippen LogP contribution in [0.3, 0.4) is 0 Å². The molecule has 1 saturated heterocycles. The summed E-state index contributed by atoms with van der Waals surface area (Å²) in [6, 6.07) is 0. The second-order valence-electron chi connectivity index (χ2n) is 5.81. The van der Waals surface area contributed by atoms with Crippen molar-refractivity contribution in [3.8, 4) is 0 Å². The predicted molar refractivity (Wildman–Crippen MR) is 67.5 cm³/mol. The third kappa shape index (κ3) is 4.43. The fourth-order valence-corrected chi connectivity index (χ4v) is 2.73. The van der Waals surface area contributed by atoms with Crippen LogP contribution in [0.25, 0.3) is 0 Å². The molecule has 1 rings (SSSR count). The van der Waals surface area contributed by atoms with Crippen LogP contribution >= 0.6 is 0 Å². The maximum absolute atomic E-state index is 12.7. The molecule has 0 aromatic heterocycles. The summed E-state index contributed by atoms with van der Waals surface area (Å²) >= 11 is 0. The van der Waals surface area contributed by atoms with Gasteiger partial charge in [-0.3, -0.25) is 0 Å². The van der Waals surface area contributed by atoms with Crippen molar-refractivity contribution >= 4 is 0 Å². The molecule has 1 aliphatic heterocycles. The van der Waals surface area contributed by atoms with Crippen molar-refractivity contribution in [2.24, 2.45) is 11.3 Å². The zero-order chi connectivity index (χ0) is 13.8. The summed E-state index contributed by atoms with van der Waals surface area (Å²) in [6.45, 7) is 6.80. The fraction of sp³-hybridized carbons (Fsp3) is 1.00. The van der Waals surface area contributed by atoms with Crippen molar-refractivity contribution < 1.29 is 13.2 Å². The lowest BCUT2D eigenvalue weighted by Gasteiger charge is -2.39. The fourth-order valence-electron chi connectivity index (χ4n) is 2.73. The minimum Gasteiger partial charge on any atom is -0.319 e. The van der Waals surface area contributed by atoms with E-state index in [-0.39, 0.29) is 18.4 Å². The minimum absolute atomic E-state index is 0.0578. The Balaban J connectivity index is 2.56. The zero-order valence-electron chi connectivity index (χ0n) is 11.6. The molecule has 108 valence electrons. The molecule has 1 heterocycles. The Morgan fingerprint density at radius 2 is 2.00 bits per heavy atom. The first-order chi connectivity index (χ1) is 8.30. The van der Waals surface area contributed by atoms with Crippen molar-refractivity contribution in [3.63, 3.8) is 0 Å². The van der Waals surface area contributed by atoms with Gasteiger partial charge in [-0.25, -0.2) is 0 Å². The van der Waals surface area contributed by atoms with Gasteiger partial charge in [-0.1, -0.05) is 13.8 Å². The van der Waals surface area contributed by atoms with Gasteiger partial charge in [-0.15, -0.1) is 0 Å². The van der Waals surface area contributed by atoms with Crippen LogP contribution in [0.5, 0.6) is 0 Å². The molecule has 18 heavy (non-hydrogen) atoms. The van der Waals surface area contributed by atoms with Crippen LogP contribution in [0.15, 0.2) is 0 Å². The zero-order valence-corrected chi connectivity index (χ0v) is 11.6. The maximum atomic E-state index is 12.7. The number of likely N-dealkylation sites (tertiary alicyclic amines) is 1. The molecule has 1 N–H and O–H groups in total. The highest BCUT2D eigenvalue weighted by atomic mass is 19.4. The number of nitrogens with zero attached hydrogens (tertiary/aromatic N) is 1. The van der Waals surface area contributed by atoms with Crippen molar-refractivity contribution in [2.75, 3.05) is 33.2 Å². The van der Waals surface area contributed by atoms with Crippen LogP contribution < -0.4 is 5.32 Å². The second-order valence-corrected chi connectivity index (χ2v) is 5.81. The molecule has 2 nitrogen and oxygen atoms in total. The van der Waals surface area contributed by atoms with Crippen molar-refractivity contribution in [2.45, 2.75) is 39.3 Å². The van der Waals surface area contributed by atoms with E-state index in [9.17, 15) is 13.2 Å². The van der Waals surface area contributed by atoms with Crippen LogP contribution in [0.4, 0.5) is 13.2 Å². The Morgan fingerprint density at radius 1 is 1.33 bits per heavy atom. The lowest BCUT2D eigenvalue weighted by molar-refractivity contribution is -0.187. The summed E-state index contributed by atoms with van der Waals surface area (Å²) in [5.74, 6) is -1.14. The van der Waals surface area contributed by atoms with Crippen LogP contribution in [-0.2, 0) is 0 Å². The molecular weight excluding hydrogens is 241 g/mol. The smallest absolute Gasteiger partial charge is 0.319 e.